The van der Waals surface area contributed by atoms with E-state index in [9.17, 15) is 8.42 Å². The Morgan fingerprint density at radius 2 is 1.43 bits per heavy atom. The van der Waals surface area contributed by atoms with E-state index in [1.54, 1.807) is 0 Å². The van der Waals surface area contributed by atoms with Gasteiger partial charge < -0.3 is 0 Å². The van der Waals surface area contributed by atoms with Crippen molar-refractivity contribution in [2.45, 2.75) is 102 Å². The molecule has 0 aliphatic heterocycles. The van der Waals surface area contributed by atoms with Crippen LogP contribution in [0, 0.1) is 17.8 Å². The van der Waals surface area contributed by atoms with Crippen molar-refractivity contribution in [3.63, 3.8) is 0 Å². The maximum Gasteiger partial charge on any atom is 0.153 e. The lowest BCUT2D eigenvalue weighted by Crippen LogP contribution is -2.43. The fraction of sp³-hybridized carbons (Fsp3) is 1.00. The average molecular weight is 343 g/mol. The quantitative estimate of drug-likeness (QED) is 0.589. The highest BCUT2D eigenvalue weighted by Crippen LogP contribution is 2.47. The van der Waals surface area contributed by atoms with Gasteiger partial charge in [-0.1, -0.05) is 52.4 Å². The van der Waals surface area contributed by atoms with Gasteiger partial charge in [0.2, 0.25) is 0 Å². The second-order valence-electron chi connectivity index (χ2n) is 8.47. The van der Waals surface area contributed by atoms with Gasteiger partial charge in [-0.15, -0.1) is 0 Å². The molecule has 0 aromatic heterocycles. The summed E-state index contributed by atoms with van der Waals surface area (Å²) in [5.74, 6) is 2.65. The molecule has 0 radical (unpaired) electrons. The van der Waals surface area contributed by atoms with Gasteiger partial charge in [0.25, 0.3) is 0 Å². The van der Waals surface area contributed by atoms with Gasteiger partial charge in [-0.3, -0.25) is 0 Å². The van der Waals surface area contributed by atoms with Crippen molar-refractivity contribution in [2.75, 3.05) is 6.26 Å². The maximum absolute atomic E-state index is 12.4. The lowest BCUT2D eigenvalue weighted by Gasteiger charge is -2.43. The van der Waals surface area contributed by atoms with Gasteiger partial charge in [0.1, 0.15) is 0 Å². The van der Waals surface area contributed by atoms with Crippen LogP contribution in [0.1, 0.15) is 97.3 Å². The van der Waals surface area contributed by atoms with E-state index in [4.69, 9.17) is 0 Å². The SMILES string of the molecule is CCCCC1(S(C)(=O)=O)CCC(C2CCC(CCC)CC2)CC1. The van der Waals surface area contributed by atoms with Crippen molar-refractivity contribution in [3.05, 3.63) is 0 Å². The molecule has 0 bridgehead atoms. The Kier molecular flexibility index (Phi) is 7.01. The number of sulfone groups is 1. The molecule has 2 aliphatic rings. The fourth-order valence-electron chi connectivity index (χ4n) is 5.30. The van der Waals surface area contributed by atoms with E-state index in [-0.39, 0.29) is 4.75 Å². The van der Waals surface area contributed by atoms with Crippen LogP contribution >= 0.6 is 0 Å². The van der Waals surface area contributed by atoms with Crippen LogP contribution in [-0.2, 0) is 9.84 Å². The van der Waals surface area contributed by atoms with Crippen molar-refractivity contribution in [1.29, 1.82) is 0 Å². The molecule has 0 atom stereocenters. The van der Waals surface area contributed by atoms with Crippen LogP contribution in [-0.4, -0.2) is 19.4 Å². The number of hydrogen-bond acceptors (Lipinski definition) is 2. The van der Waals surface area contributed by atoms with Crippen LogP contribution in [0.25, 0.3) is 0 Å². The van der Waals surface area contributed by atoms with Crippen LogP contribution in [0.2, 0.25) is 0 Å². The van der Waals surface area contributed by atoms with Gasteiger partial charge >= 0.3 is 0 Å². The van der Waals surface area contributed by atoms with Crippen molar-refractivity contribution in [1.82, 2.24) is 0 Å². The predicted octanol–water partition coefficient (Wildman–Crippen LogP) is 5.76. The molecule has 2 fully saturated rings. The minimum absolute atomic E-state index is 0.390. The highest BCUT2D eigenvalue weighted by Gasteiger charge is 2.44. The molecular formula is C20H38O2S. The van der Waals surface area contributed by atoms with Crippen molar-refractivity contribution >= 4 is 9.84 Å². The van der Waals surface area contributed by atoms with E-state index in [0.717, 1.165) is 62.7 Å². The normalized spacial score (nSPS) is 36.0. The number of unbranched alkanes of at least 4 members (excludes halogenated alkanes) is 1. The van der Waals surface area contributed by atoms with Crippen molar-refractivity contribution < 1.29 is 8.42 Å². The lowest BCUT2D eigenvalue weighted by molar-refractivity contribution is 0.146. The zero-order valence-corrected chi connectivity index (χ0v) is 16.5. The Balaban J connectivity index is 1.89. The van der Waals surface area contributed by atoms with E-state index in [1.165, 1.54) is 44.8 Å². The van der Waals surface area contributed by atoms with Crippen LogP contribution in [0.3, 0.4) is 0 Å². The minimum Gasteiger partial charge on any atom is -0.229 e. The van der Waals surface area contributed by atoms with E-state index >= 15 is 0 Å². The largest absolute Gasteiger partial charge is 0.229 e. The monoisotopic (exact) mass is 342 g/mol. The first-order chi connectivity index (χ1) is 10.9. The summed E-state index contributed by atoms with van der Waals surface area (Å²) in [6.07, 6.45) is 17.0. The molecule has 2 aliphatic carbocycles. The average Bonchev–Trinajstić information content (AvgIpc) is 2.53. The second-order valence-corrected chi connectivity index (χ2v) is 10.9. The van der Waals surface area contributed by atoms with E-state index in [2.05, 4.69) is 13.8 Å². The molecule has 3 heteroatoms. The smallest absolute Gasteiger partial charge is 0.153 e. The predicted molar refractivity (Wildman–Crippen MR) is 99.4 cm³/mol. The fourth-order valence-corrected chi connectivity index (χ4v) is 6.79. The minimum atomic E-state index is -2.93. The third-order valence-corrected chi connectivity index (χ3v) is 9.15. The summed E-state index contributed by atoms with van der Waals surface area (Å²) in [4.78, 5) is 0. The molecule has 0 spiro atoms. The summed E-state index contributed by atoms with van der Waals surface area (Å²) in [7, 11) is -2.93. The zero-order chi connectivity index (χ0) is 16.9. The Labute approximate surface area is 144 Å². The second kappa shape index (κ2) is 8.36. The standard InChI is InChI=1S/C20H38O2S/c1-4-6-14-20(23(3,21)22)15-12-19(13-16-20)18-10-8-17(7-5-2)9-11-18/h17-19H,4-16H2,1-3H3. The molecule has 2 saturated carbocycles. The highest BCUT2D eigenvalue weighted by atomic mass is 32.2. The molecule has 0 saturated heterocycles. The summed E-state index contributed by atoms with van der Waals surface area (Å²) in [5.41, 5.74) is 0. The maximum atomic E-state index is 12.4. The summed E-state index contributed by atoms with van der Waals surface area (Å²) in [5, 5.41) is 0. The molecule has 0 unspecified atom stereocenters. The van der Waals surface area contributed by atoms with E-state index < -0.39 is 9.84 Å². The Bertz CT molecular complexity index is 438. The molecular weight excluding hydrogens is 304 g/mol. The third-order valence-electron chi connectivity index (χ3n) is 6.97. The van der Waals surface area contributed by atoms with Gasteiger partial charge in [0.05, 0.1) is 4.75 Å². The molecule has 23 heavy (non-hydrogen) atoms. The Morgan fingerprint density at radius 1 is 0.870 bits per heavy atom. The van der Waals surface area contributed by atoms with Crippen LogP contribution < -0.4 is 0 Å². The first-order valence-electron chi connectivity index (χ1n) is 10.1. The van der Waals surface area contributed by atoms with Gasteiger partial charge in [-0.2, -0.15) is 0 Å². The molecule has 2 nitrogen and oxygen atoms in total. The first-order valence-corrected chi connectivity index (χ1v) is 12.0. The third kappa shape index (κ3) is 4.74. The Hall–Kier alpha value is -0.0500. The molecule has 0 aromatic carbocycles. The Morgan fingerprint density at radius 3 is 1.91 bits per heavy atom. The molecule has 0 heterocycles. The molecule has 2 rings (SSSR count). The molecule has 0 amide bonds. The topological polar surface area (TPSA) is 34.1 Å². The van der Waals surface area contributed by atoms with E-state index in [0.29, 0.717) is 0 Å². The molecule has 0 N–H and O–H groups in total. The summed E-state index contributed by atoms with van der Waals surface area (Å²) in [6, 6.07) is 0. The van der Waals surface area contributed by atoms with E-state index in [1.807, 2.05) is 0 Å². The van der Waals surface area contributed by atoms with Crippen LogP contribution in [0.4, 0.5) is 0 Å². The molecule has 136 valence electrons. The zero-order valence-electron chi connectivity index (χ0n) is 15.6. The summed E-state index contributed by atoms with van der Waals surface area (Å²) in [6.45, 7) is 4.46. The van der Waals surface area contributed by atoms with Gasteiger partial charge in [-0.05, 0) is 62.7 Å². The van der Waals surface area contributed by atoms with Gasteiger partial charge in [0, 0.05) is 6.26 Å². The van der Waals surface area contributed by atoms with Crippen LogP contribution in [0.15, 0.2) is 0 Å². The first kappa shape index (κ1) is 19.3. The number of hydrogen-bond donors (Lipinski definition) is 0. The highest BCUT2D eigenvalue weighted by molar-refractivity contribution is 7.92. The van der Waals surface area contributed by atoms with Crippen molar-refractivity contribution in [3.8, 4) is 0 Å². The van der Waals surface area contributed by atoms with Crippen molar-refractivity contribution in [2.24, 2.45) is 17.8 Å². The summed E-state index contributed by atoms with van der Waals surface area (Å²) < 4.78 is 24.4. The van der Waals surface area contributed by atoms with Gasteiger partial charge in [-0.25, -0.2) is 8.42 Å². The summed E-state index contributed by atoms with van der Waals surface area (Å²) >= 11 is 0. The van der Waals surface area contributed by atoms with Gasteiger partial charge in [0.15, 0.2) is 9.84 Å². The lowest BCUT2D eigenvalue weighted by atomic mass is 9.68. The molecule has 0 aromatic rings. The number of rotatable bonds is 7. The van der Waals surface area contributed by atoms with Crippen LogP contribution in [0.5, 0.6) is 0 Å².